The number of amides is 1. The first-order valence-electron chi connectivity index (χ1n) is 10.3. The second-order valence-electron chi connectivity index (χ2n) is 7.81. The number of ether oxygens (including phenoxy) is 2. The summed E-state index contributed by atoms with van der Waals surface area (Å²) in [6.07, 6.45) is 3.91. The summed E-state index contributed by atoms with van der Waals surface area (Å²) in [5.74, 6) is 0.347. The van der Waals surface area contributed by atoms with E-state index in [1.165, 1.54) is 25.3 Å². The average molecular weight is 460 g/mol. The molecule has 1 atom stereocenters. The van der Waals surface area contributed by atoms with Crippen molar-refractivity contribution in [3.05, 3.63) is 36.7 Å². The van der Waals surface area contributed by atoms with Crippen LogP contribution in [0.4, 0.5) is 5.69 Å². The van der Waals surface area contributed by atoms with E-state index in [0.717, 1.165) is 5.39 Å². The number of fused-ring (bicyclic) bond motifs is 2. The van der Waals surface area contributed by atoms with Crippen LogP contribution in [-0.4, -0.2) is 48.3 Å². The number of hydrogen-bond acceptors (Lipinski definition) is 7. The standard InChI is InChI=1S/C21H25N5O5S/c1-13(2)26-20-15(11-23-26)9-16(12-22-20)24-21(27)14(3)25-32(28,29)17-5-6-18-19(10-17)31-8-4-7-30-18/h5-6,9-14,25H,4,7-8H2,1-3H3,(H,24,27)/t14-/m0/s1. The molecule has 0 spiro atoms. The van der Waals surface area contributed by atoms with Crippen LogP contribution < -0.4 is 19.5 Å². The molecule has 0 saturated carbocycles. The molecular weight excluding hydrogens is 434 g/mol. The first-order chi connectivity index (χ1) is 15.2. The monoisotopic (exact) mass is 459 g/mol. The number of sulfonamides is 1. The van der Waals surface area contributed by atoms with Crippen LogP contribution in [0.5, 0.6) is 11.5 Å². The smallest absolute Gasteiger partial charge is 0.242 e. The molecule has 2 aromatic heterocycles. The molecule has 32 heavy (non-hydrogen) atoms. The van der Waals surface area contributed by atoms with E-state index < -0.39 is 22.0 Å². The van der Waals surface area contributed by atoms with Crippen molar-refractivity contribution in [3.63, 3.8) is 0 Å². The molecule has 0 unspecified atom stereocenters. The van der Waals surface area contributed by atoms with Crippen molar-refractivity contribution in [1.82, 2.24) is 19.5 Å². The van der Waals surface area contributed by atoms with Gasteiger partial charge in [-0.2, -0.15) is 9.82 Å². The number of benzene rings is 1. The van der Waals surface area contributed by atoms with Crippen molar-refractivity contribution in [2.24, 2.45) is 0 Å². The lowest BCUT2D eigenvalue weighted by Gasteiger charge is -2.15. The van der Waals surface area contributed by atoms with Gasteiger partial charge in [0.15, 0.2) is 17.1 Å². The van der Waals surface area contributed by atoms with Gasteiger partial charge < -0.3 is 14.8 Å². The van der Waals surface area contributed by atoms with Crippen molar-refractivity contribution in [3.8, 4) is 11.5 Å². The summed E-state index contributed by atoms with van der Waals surface area (Å²) < 4.78 is 40.9. The van der Waals surface area contributed by atoms with Crippen LogP contribution in [0.25, 0.3) is 11.0 Å². The minimum atomic E-state index is -3.96. The minimum absolute atomic E-state index is 0.00872. The van der Waals surface area contributed by atoms with E-state index in [-0.39, 0.29) is 10.9 Å². The van der Waals surface area contributed by atoms with Gasteiger partial charge in [0.2, 0.25) is 15.9 Å². The van der Waals surface area contributed by atoms with Gasteiger partial charge in [0, 0.05) is 23.9 Å². The van der Waals surface area contributed by atoms with Crippen LogP contribution in [0.1, 0.15) is 33.2 Å². The van der Waals surface area contributed by atoms with E-state index in [0.29, 0.717) is 42.5 Å². The number of pyridine rings is 1. The third-order valence-electron chi connectivity index (χ3n) is 4.94. The predicted octanol–water partition coefficient (Wildman–Crippen LogP) is 2.48. The normalized spacial score (nSPS) is 14.9. The Hall–Kier alpha value is -3.18. The Balaban J connectivity index is 1.46. The Labute approximate surface area is 186 Å². The number of nitrogens with zero attached hydrogens (tertiary/aromatic N) is 3. The highest BCUT2D eigenvalue weighted by Gasteiger charge is 2.24. The number of carbonyl (C=O) groups is 1. The fraction of sp³-hybridized carbons (Fsp3) is 0.381. The molecule has 4 rings (SSSR count). The van der Waals surface area contributed by atoms with Crippen LogP contribution in [0.3, 0.4) is 0 Å². The largest absolute Gasteiger partial charge is 0.490 e. The van der Waals surface area contributed by atoms with Gasteiger partial charge in [-0.15, -0.1) is 0 Å². The van der Waals surface area contributed by atoms with Crippen molar-refractivity contribution < 1.29 is 22.7 Å². The Morgan fingerprint density at radius 3 is 2.59 bits per heavy atom. The van der Waals surface area contributed by atoms with Gasteiger partial charge >= 0.3 is 0 Å². The minimum Gasteiger partial charge on any atom is -0.490 e. The predicted molar refractivity (Wildman–Crippen MR) is 118 cm³/mol. The maximum Gasteiger partial charge on any atom is 0.242 e. The summed E-state index contributed by atoms with van der Waals surface area (Å²) in [4.78, 5) is 17.0. The fourth-order valence-corrected chi connectivity index (χ4v) is 4.52. The summed E-state index contributed by atoms with van der Waals surface area (Å²) in [5.41, 5.74) is 1.16. The molecule has 1 aliphatic heterocycles. The summed E-state index contributed by atoms with van der Waals surface area (Å²) in [6.45, 7) is 6.42. The molecule has 2 N–H and O–H groups in total. The lowest BCUT2D eigenvalue weighted by Crippen LogP contribution is -2.41. The number of aromatic nitrogens is 3. The quantitative estimate of drug-likeness (QED) is 0.580. The van der Waals surface area contributed by atoms with Crippen molar-refractivity contribution in [2.75, 3.05) is 18.5 Å². The molecular formula is C21H25N5O5S. The highest BCUT2D eigenvalue weighted by Crippen LogP contribution is 2.32. The third-order valence-corrected chi connectivity index (χ3v) is 6.48. The maximum absolute atomic E-state index is 12.8. The molecule has 0 aliphatic carbocycles. The van der Waals surface area contributed by atoms with Gasteiger partial charge in [-0.1, -0.05) is 0 Å². The lowest BCUT2D eigenvalue weighted by molar-refractivity contribution is -0.117. The molecule has 0 fully saturated rings. The molecule has 11 heteroatoms. The number of rotatable bonds is 6. The topological polar surface area (TPSA) is 124 Å². The molecule has 0 bridgehead atoms. The highest BCUT2D eigenvalue weighted by molar-refractivity contribution is 7.89. The molecule has 170 valence electrons. The van der Waals surface area contributed by atoms with Crippen molar-refractivity contribution in [1.29, 1.82) is 0 Å². The fourth-order valence-electron chi connectivity index (χ4n) is 3.30. The molecule has 0 radical (unpaired) electrons. The van der Waals surface area contributed by atoms with E-state index in [1.807, 2.05) is 13.8 Å². The average Bonchev–Trinajstić information content (AvgIpc) is 3.02. The van der Waals surface area contributed by atoms with Gasteiger partial charge in [0.25, 0.3) is 0 Å². The molecule has 10 nitrogen and oxygen atoms in total. The highest BCUT2D eigenvalue weighted by atomic mass is 32.2. The SMILES string of the molecule is CC(C)n1ncc2cc(NC(=O)[C@H](C)NS(=O)(=O)c3ccc4c(c3)OCCCO4)cnc21. The third kappa shape index (κ3) is 4.53. The van der Waals surface area contributed by atoms with E-state index in [9.17, 15) is 13.2 Å². The van der Waals surface area contributed by atoms with Gasteiger partial charge in [-0.05, 0) is 39.0 Å². The zero-order valence-electron chi connectivity index (χ0n) is 18.0. The van der Waals surface area contributed by atoms with E-state index in [2.05, 4.69) is 20.1 Å². The number of hydrogen-bond donors (Lipinski definition) is 2. The summed E-state index contributed by atoms with van der Waals surface area (Å²) in [7, 11) is -3.96. The van der Waals surface area contributed by atoms with Gasteiger partial charge in [0.1, 0.15) is 0 Å². The summed E-state index contributed by atoms with van der Waals surface area (Å²) in [5, 5.41) is 7.77. The molecule has 1 aromatic carbocycles. The molecule has 3 aromatic rings. The van der Waals surface area contributed by atoms with E-state index in [4.69, 9.17) is 9.47 Å². The van der Waals surface area contributed by atoms with Crippen molar-refractivity contribution in [2.45, 2.75) is 44.2 Å². The second kappa shape index (κ2) is 8.75. The first kappa shape index (κ1) is 22.0. The van der Waals surface area contributed by atoms with Crippen molar-refractivity contribution >= 4 is 32.7 Å². The number of nitrogens with one attached hydrogen (secondary N) is 2. The van der Waals surface area contributed by atoms with Crippen LogP contribution in [0, 0.1) is 0 Å². The Morgan fingerprint density at radius 2 is 1.84 bits per heavy atom. The second-order valence-corrected chi connectivity index (χ2v) is 9.52. The zero-order chi connectivity index (χ0) is 22.9. The maximum atomic E-state index is 12.8. The Morgan fingerprint density at radius 1 is 1.09 bits per heavy atom. The van der Waals surface area contributed by atoms with Gasteiger partial charge in [-0.25, -0.2) is 18.1 Å². The number of carbonyl (C=O) groups excluding carboxylic acids is 1. The molecule has 1 aliphatic rings. The Kier molecular flexibility index (Phi) is 6.02. The Bertz CT molecular complexity index is 1250. The summed E-state index contributed by atoms with van der Waals surface area (Å²) in [6, 6.07) is 5.25. The van der Waals surface area contributed by atoms with Crippen LogP contribution >= 0.6 is 0 Å². The van der Waals surface area contributed by atoms with Gasteiger partial charge in [-0.3, -0.25) is 4.79 Å². The lowest BCUT2D eigenvalue weighted by atomic mass is 10.3. The zero-order valence-corrected chi connectivity index (χ0v) is 18.8. The summed E-state index contributed by atoms with van der Waals surface area (Å²) >= 11 is 0. The molecule has 1 amide bonds. The van der Waals surface area contributed by atoms with Crippen LogP contribution in [0.2, 0.25) is 0 Å². The molecule has 0 saturated heterocycles. The first-order valence-corrected chi connectivity index (χ1v) is 11.8. The van der Waals surface area contributed by atoms with E-state index >= 15 is 0 Å². The number of anilines is 1. The molecule has 3 heterocycles. The van der Waals surface area contributed by atoms with E-state index in [1.54, 1.807) is 23.0 Å². The van der Waals surface area contributed by atoms with Crippen LogP contribution in [0.15, 0.2) is 41.6 Å². The van der Waals surface area contributed by atoms with Gasteiger partial charge in [0.05, 0.1) is 42.2 Å². The van der Waals surface area contributed by atoms with Crippen LogP contribution in [-0.2, 0) is 14.8 Å².